The Morgan fingerprint density at radius 1 is 0.793 bits per heavy atom. The van der Waals surface area contributed by atoms with Gasteiger partial charge in [0.2, 0.25) is 5.91 Å². The van der Waals surface area contributed by atoms with Crippen LogP contribution in [0.15, 0.2) is 84.9 Å². The highest BCUT2D eigenvalue weighted by atomic mass is 16.5. The molecule has 3 rings (SSSR count). The normalized spacial score (nSPS) is 10.3. The first kappa shape index (κ1) is 20.1. The first-order chi connectivity index (χ1) is 14.1. The zero-order chi connectivity index (χ0) is 20.5. The van der Waals surface area contributed by atoms with E-state index in [9.17, 15) is 9.59 Å². The number of rotatable bonds is 9. The Labute approximate surface area is 170 Å². The van der Waals surface area contributed by atoms with Gasteiger partial charge in [0, 0.05) is 25.1 Å². The topological polar surface area (TPSA) is 72.6 Å². The monoisotopic (exact) mass is 388 g/mol. The largest absolute Gasteiger partial charge is 0.489 e. The molecule has 0 aromatic heterocycles. The van der Waals surface area contributed by atoms with Crippen molar-refractivity contribution in [2.45, 2.75) is 19.6 Å². The van der Waals surface area contributed by atoms with E-state index in [0.717, 1.165) is 11.1 Å². The maximum Gasteiger partial charge on any atom is 0.254 e. The third kappa shape index (κ3) is 6.21. The Balaban J connectivity index is 1.66. The highest BCUT2D eigenvalue weighted by Crippen LogP contribution is 2.17. The van der Waals surface area contributed by atoms with Crippen molar-refractivity contribution < 1.29 is 14.3 Å². The average molecular weight is 388 g/mol. The number of nitrogens with zero attached hydrogens (tertiary/aromatic N) is 1. The van der Waals surface area contributed by atoms with Gasteiger partial charge in [-0.15, -0.1) is 0 Å². The number of hydrogen-bond donors (Lipinski definition) is 1. The number of carbonyl (C=O) groups excluding carboxylic acids is 2. The highest BCUT2D eigenvalue weighted by molar-refractivity contribution is 5.94. The molecule has 2 amide bonds. The summed E-state index contributed by atoms with van der Waals surface area (Å²) in [4.78, 5) is 25.8. The molecule has 0 aliphatic carbocycles. The van der Waals surface area contributed by atoms with E-state index in [1.54, 1.807) is 29.2 Å². The molecule has 5 nitrogen and oxygen atoms in total. The summed E-state index contributed by atoms with van der Waals surface area (Å²) in [6, 6.07) is 26.6. The molecule has 0 bridgehead atoms. The number of ether oxygens (including phenoxy) is 1. The molecular formula is C24H24N2O3. The average Bonchev–Trinajstić information content (AvgIpc) is 2.76. The van der Waals surface area contributed by atoms with E-state index in [1.807, 2.05) is 60.7 Å². The van der Waals surface area contributed by atoms with Gasteiger partial charge in [0.1, 0.15) is 12.4 Å². The SMILES string of the molecule is NC(=O)CCN(Cc1ccccc1)C(=O)c1ccc(OCc2ccccc2)cc1. The second kappa shape index (κ2) is 10.1. The lowest BCUT2D eigenvalue weighted by Crippen LogP contribution is -2.33. The maximum atomic E-state index is 13.0. The lowest BCUT2D eigenvalue weighted by atomic mass is 10.1. The zero-order valence-electron chi connectivity index (χ0n) is 16.2. The summed E-state index contributed by atoms with van der Waals surface area (Å²) < 4.78 is 5.78. The molecule has 0 saturated heterocycles. The second-order valence-electron chi connectivity index (χ2n) is 6.73. The van der Waals surface area contributed by atoms with Gasteiger partial charge in [-0.25, -0.2) is 0 Å². The molecule has 0 saturated carbocycles. The first-order valence-corrected chi connectivity index (χ1v) is 9.50. The van der Waals surface area contributed by atoms with Gasteiger partial charge in [0.15, 0.2) is 0 Å². The minimum absolute atomic E-state index is 0.122. The molecule has 0 radical (unpaired) electrons. The summed E-state index contributed by atoms with van der Waals surface area (Å²) in [5, 5.41) is 0. The summed E-state index contributed by atoms with van der Waals surface area (Å²) in [5.41, 5.74) is 7.89. The van der Waals surface area contributed by atoms with Crippen molar-refractivity contribution in [2.24, 2.45) is 5.73 Å². The van der Waals surface area contributed by atoms with Gasteiger partial charge in [-0.3, -0.25) is 9.59 Å². The van der Waals surface area contributed by atoms with Gasteiger partial charge in [0.25, 0.3) is 5.91 Å². The van der Waals surface area contributed by atoms with Gasteiger partial charge in [-0.05, 0) is 35.4 Å². The fraction of sp³-hybridized carbons (Fsp3) is 0.167. The molecule has 29 heavy (non-hydrogen) atoms. The van der Waals surface area contributed by atoms with Gasteiger partial charge >= 0.3 is 0 Å². The predicted octanol–water partition coefficient (Wildman–Crippen LogP) is 3.78. The molecule has 2 N–H and O–H groups in total. The number of hydrogen-bond acceptors (Lipinski definition) is 3. The Morgan fingerprint density at radius 2 is 1.38 bits per heavy atom. The Morgan fingerprint density at radius 3 is 1.97 bits per heavy atom. The summed E-state index contributed by atoms with van der Waals surface area (Å²) in [6.45, 7) is 1.15. The van der Waals surface area contributed by atoms with Gasteiger partial charge in [-0.2, -0.15) is 0 Å². The van der Waals surface area contributed by atoms with Crippen molar-refractivity contribution in [3.63, 3.8) is 0 Å². The molecule has 5 heteroatoms. The lowest BCUT2D eigenvalue weighted by Gasteiger charge is -2.22. The number of benzene rings is 3. The highest BCUT2D eigenvalue weighted by Gasteiger charge is 2.17. The molecule has 0 unspecified atom stereocenters. The second-order valence-corrected chi connectivity index (χ2v) is 6.73. The summed E-state index contributed by atoms with van der Waals surface area (Å²) in [6.07, 6.45) is 0.122. The molecule has 148 valence electrons. The first-order valence-electron chi connectivity index (χ1n) is 9.50. The number of carbonyl (C=O) groups is 2. The van der Waals surface area contributed by atoms with Crippen molar-refractivity contribution in [3.05, 3.63) is 102 Å². The fourth-order valence-electron chi connectivity index (χ4n) is 2.92. The van der Waals surface area contributed by atoms with E-state index < -0.39 is 5.91 Å². The van der Waals surface area contributed by atoms with Gasteiger partial charge in [-0.1, -0.05) is 60.7 Å². The van der Waals surface area contributed by atoms with E-state index in [4.69, 9.17) is 10.5 Å². The van der Waals surface area contributed by atoms with Crippen LogP contribution in [0.4, 0.5) is 0 Å². The lowest BCUT2D eigenvalue weighted by molar-refractivity contribution is -0.118. The Bertz CT molecular complexity index is 925. The van der Waals surface area contributed by atoms with Crippen LogP contribution in [-0.2, 0) is 17.9 Å². The number of amides is 2. The van der Waals surface area contributed by atoms with Crippen molar-refractivity contribution in [3.8, 4) is 5.75 Å². The standard InChI is InChI=1S/C24H24N2O3/c25-23(27)15-16-26(17-19-7-3-1-4-8-19)24(28)21-11-13-22(14-12-21)29-18-20-9-5-2-6-10-20/h1-14H,15-18H2,(H2,25,27). The van der Waals surface area contributed by atoms with Crippen LogP contribution in [0.25, 0.3) is 0 Å². The third-order valence-corrected chi connectivity index (χ3v) is 4.48. The van der Waals surface area contributed by atoms with Crippen molar-refractivity contribution in [1.29, 1.82) is 0 Å². The molecule has 3 aromatic carbocycles. The molecule has 0 heterocycles. The third-order valence-electron chi connectivity index (χ3n) is 4.48. The van der Waals surface area contributed by atoms with Crippen molar-refractivity contribution in [1.82, 2.24) is 4.90 Å². The molecule has 0 atom stereocenters. The molecule has 0 fully saturated rings. The van der Waals surface area contributed by atoms with Crippen LogP contribution < -0.4 is 10.5 Å². The Hall–Kier alpha value is -3.60. The fourth-order valence-corrected chi connectivity index (χ4v) is 2.92. The van der Waals surface area contributed by atoms with Crippen LogP contribution in [0, 0.1) is 0 Å². The van der Waals surface area contributed by atoms with Gasteiger partial charge in [0.05, 0.1) is 0 Å². The summed E-state index contributed by atoms with van der Waals surface area (Å²) in [7, 11) is 0. The van der Waals surface area contributed by atoms with Crippen molar-refractivity contribution >= 4 is 11.8 Å². The molecule has 0 aliphatic rings. The maximum absolute atomic E-state index is 13.0. The number of nitrogens with two attached hydrogens (primary N) is 1. The smallest absolute Gasteiger partial charge is 0.254 e. The number of primary amides is 1. The quantitative estimate of drug-likeness (QED) is 0.606. The minimum Gasteiger partial charge on any atom is -0.489 e. The van der Waals surface area contributed by atoms with E-state index in [-0.39, 0.29) is 18.9 Å². The van der Waals surface area contributed by atoms with E-state index in [1.165, 1.54) is 0 Å². The van der Waals surface area contributed by atoms with E-state index >= 15 is 0 Å². The van der Waals surface area contributed by atoms with E-state index in [0.29, 0.717) is 24.5 Å². The van der Waals surface area contributed by atoms with Crippen LogP contribution in [0.1, 0.15) is 27.9 Å². The molecule has 0 aliphatic heterocycles. The van der Waals surface area contributed by atoms with E-state index in [2.05, 4.69) is 0 Å². The predicted molar refractivity (Wildman–Crippen MR) is 112 cm³/mol. The minimum atomic E-state index is -0.430. The summed E-state index contributed by atoms with van der Waals surface area (Å²) in [5.74, 6) is 0.113. The van der Waals surface area contributed by atoms with Crippen LogP contribution in [-0.4, -0.2) is 23.3 Å². The molecular weight excluding hydrogens is 364 g/mol. The van der Waals surface area contributed by atoms with Crippen LogP contribution in [0.2, 0.25) is 0 Å². The van der Waals surface area contributed by atoms with Crippen LogP contribution in [0.3, 0.4) is 0 Å². The van der Waals surface area contributed by atoms with Crippen LogP contribution in [0.5, 0.6) is 5.75 Å². The zero-order valence-corrected chi connectivity index (χ0v) is 16.2. The van der Waals surface area contributed by atoms with Gasteiger partial charge < -0.3 is 15.4 Å². The molecule has 0 spiro atoms. The van der Waals surface area contributed by atoms with Crippen molar-refractivity contribution in [2.75, 3.05) is 6.54 Å². The summed E-state index contributed by atoms with van der Waals surface area (Å²) >= 11 is 0. The van der Waals surface area contributed by atoms with Crippen LogP contribution >= 0.6 is 0 Å². The molecule has 3 aromatic rings. The Kier molecular flexibility index (Phi) is 7.00.